The maximum atomic E-state index is 6.32. The molecule has 0 fully saturated rings. The van der Waals surface area contributed by atoms with E-state index in [1.165, 1.54) is 20.9 Å². The van der Waals surface area contributed by atoms with Gasteiger partial charge in [-0.25, -0.2) is 0 Å². The summed E-state index contributed by atoms with van der Waals surface area (Å²) < 4.78 is 5.88. The van der Waals surface area contributed by atoms with E-state index in [1.807, 2.05) is 23.5 Å². The Labute approximate surface area is 135 Å². The lowest BCUT2D eigenvalue weighted by molar-refractivity contribution is 0.350. The molecule has 3 rings (SSSR count). The summed E-state index contributed by atoms with van der Waals surface area (Å²) in [6, 6.07) is 8.62. The number of nitrogens with one attached hydrogen (secondary N) is 1. The van der Waals surface area contributed by atoms with Crippen LogP contribution in [0.4, 0.5) is 0 Å². The molecule has 0 bridgehead atoms. The van der Waals surface area contributed by atoms with Gasteiger partial charge in [0.25, 0.3) is 0 Å². The van der Waals surface area contributed by atoms with Crippen LogP contribution in [0.3, 0.4) is 0 Å². The lowest BCUT2D eigenvalue weighted by atomic mass is 10.0. The molecule has 1 aliphatic rings. The first kappa shape index (κ1) is 14.9. The van der Waals surface area contributed by atoms with Crippen molar-refractivity contribution in [3.63, 3.8) is 0 Å². The van der Waals surface area contributed by atoms with E-state index in [9.17, 15) is 0 Å². The van der Waals surface area contributed by atoms with E-state index in [0.717, 1.165) is 36.8 Å². The van der Waals surface area contributed by atoms with E-state index < -0.39 is 0 Å². The van der Waals surface area contributed by atoms with Crippen LogP contribution >= 0.6 is 22.9 Å². The first-order valence-corrected chi connectivity index (χ1v) is 8.63. The fourth-order valence-electron chi connectivity index (χ4n) is 2.77. The van der Waals surface area contributed by atoms with Crippen molar-refractivity contribution in [1.82, 2.24) is 5.32 Å². The van der Waals surface area contributed by atoms with Crippen LogP contribution in [0.25, 0.3) is 0 Å². The molecule has 1 N–H and O–H groups in total. The molecule has 1 atom stereocenters. The number of hydrogen-bond acceptors (Lipinski definition) is 3. The van der Waals surface area contributed by atoms with Crippen molar-refractivity contribution in [2.75, 3.05) is 13.2 Å². The van der Waals surface area contributed by atoms with Crippen LogP contribution in [-0.2, 0) is 6.42 Å². The SMILES string of the molecule is CCCNC(c1ccc(C)s1)c1cc(Cl)cc2c1OCC2. The summed E-state index contributed by atoms with van der Waals surface area (Å²) in [6.07, 6.45) is 2.05. The Morgan fingerprint density at radius 1 is 1.38 bits per heavy atom. The largest absolute Gasteiger partial charge is 0.493 e. The number of thiophene rings is 1. The van der Waals surface area contributed by atoms with E-state index >= 15 is 0 Å². The second kappa shape index (κ2) is 6.39. The summed E-state index contributed by atoms with van der Waals surface area (Å²) in [4.78, 5) is 2.65. The van der Waals surface area contributed by atoms with Crippen molar-refractivity contribution < 1.29 is 4.74 Å². The van der Waals surface area contributed by atoms with Gasteiger partial charge in [0.2, 0.25) is 0 Å². The van der Waals surface area contributed by atoms with Gasteiger partial charge in [-0.2, -0.15) is 0 Å². The number of ether oxygens (including phenoxy) is 1. The minimum Gasteiger partial charge on any atom is -0.493 e. The van der Waals surface area contributed by atoms with Crippen LogP contribution in [-0.4, -0.2) is 13.2 Å². The minimum absolute atomic E-state index is 0.161. The highest BCUT2D eigenvalue weighted by atomic mass is 35.5. The molecule has 1 aromatic heterocycles. The molecule has 1 unspecified atom stereocenters. The minimum atomic E-state index is 0.161. The monoisotopic (exact) mass is 321 g/mol. The van der Waals surface area contributed by atoms with Gasteiger partial charge in [-0.05, 0) is 49.7 Å². The lowest BCUT2D eigenvalue weighted by Gasteiger charge is -2.20. The molecule has 1 aliphatic heterocycles. The van der Waals surface area contributed by atoms with Crippen molar-refractivity contribution in [3.8, 4) is 5.75 Å². The molecule has 0 spiro atoms. The molecule has 2 nitrogen and oxygen atoms in total. The van der Waals surface area contributed by atoms with Crippen molar-refractivity contribution in [1.29, 1.82) is 0 Å². The number of hydrogen-bond donors (Lipinski definition) is 1. The number of rotatable bonds is 5. The Kier molecular flexibility index (Phi) is 4.53. The highest BCUT2D eigenvalue weighted by Crippen LogP contribution is 2.40. The molecule has 0 radical (unpaired) electrons. The van der Waals surface area contributed by atoms with Crippen molar-refractivity contribution in [2.45, 2.75) is 32.7 Å². The number of aryl methyl sites for hydroxylation is 1. The van der Waals surface area contributed by atoms with Crippen LogP contribution in [0.2, 0.25) is 5.02 Å². The Hall–Kier alpha value is -1.03. The molecule has 112 valence electrons. The molecule has 0 saturated carbocycles. The predicted molar refractivity (Wildman–Crippen MR) is 89.8 cm³/mol. The standard InChI is InChI=1S/C17H20ClNOS/c1-3-7-19-16(15-5-4-11(2)21-15)14-10-13(18)9-12-6-8-20-17(12)14/h4-5,9-10,16,19H,3,6-8H2,1-2H3. The second-order valence-corrected chi connectivity index (χ2v) is 7.17. The van der Waals surface area contributed by atoms with Gasteiger partial charge in [0.1, 0.15) is 5.75 Å². The van der Waals surface area contributed by atoms with Gasteiger partial charge < -0.3 is 10.1 Å². The van der Waals surface area contributed by atoms with E-state index in [1.54, 1.807) is 0 Å². The molecule has 21 heavy (non-hydrogen) atoms. The van der Waals surface area contributed by atoms with Gasteiger partial charge in [-0.15, -0.1) is 11.3 Å². The van der Waals surface area contributed by atoms with Crippen LogP contribution in [0.1, 0.15) is 40.3 Å². The molecule has 2 aromatic rings. The number of halogens is 1. The predicted octanol–water partition coefficient (Wildman–Crippen LogP) is 4.73. The van der Waals surface area contributed by atoms with Gasteiger partial charge in [0, 0.05) is 26.8 Å². The summed E-state index contributed by atoms with van der Waals surface area (Å²) >= 11 is 8.15. The van der Waals surface area contributed by atoms with E-state index in [2.05, 4.69) is 31.3 Å². The topological polar surface area (TPSA) is 21.3 Å². The molecule has 0 saturated heterocycles. The fourth-order valence-corrected chi connectivity index (χ4v) is 3.99. The average Bonchev–Trinajstić information content (AvgIpc) is 3.08. The highest BCUT2D eigenvalue weighted by Gasteiger charge is 2.25. The first-order valence-electron chi connectivity index (χ1n) is 7.44. The Morgan fingerprint density at radius 3 is 2.95 bits per heavy atom. The van der Waals surface area contributed by atoms with Gasteiger partial charge in [0.15, 0.2) is 0 Å². The Morgan fingerprint density at radius 2 is 2.24 bits per heavy atom. The zero-order chi connectivity index (χ0) is 14.8. The smallest absolute Gasteiger partial charge is 0.127 e. The average molecular weight is 322 g/mol. The zero-order valence-electron chi connectivity index (χ0n) is 12.4. The maximum Gasteiger partial charge on any atom is 0.127 e. The molecular formula is C17H20ClNOS. The van der Waals surface area contributed by atoms with Crippen LogP contribution in [0.5, 0.6) is 5.75 Å². The third kappa shape index (κ3) is 3.10. The fraction of sp³-hybridized carbons (Fsp3) is 0.412. The number of fused-ring (bicyclic) bond motifs is 1. The summed E-state index contributed by atoms with van der Waals surface area (Å²) in [5, 5.41) is 4.44. The van der Waals surface area contributed by atoms with Crippen LogP contribution in [0, 0.1) is 6.92 Å². The molecule has 0 amide bonds. The third-order valence-corrected chi connectivity index (χ3v) is 5.02. The molecule has 0 aliphatic carbocycles. The highest BCUT2D eigenvalue weighted by molar-refractivity contribution is 7.12. The van der Waals surface area contributed by atoms with Gasteiger partial charge in [-0.1, -0.05) is 18.5 Å². The van der Waals surface area contributed by atoms with Crippen molar-refractivity contribution >= 4 is 22.9 Å². The van der Waals surface area contributed by atoms with E-state index in [4.69, 9.17) is 16.3 Å². The Bertz CT molecular complexity index is 638. The zero-order valence-corrected chi connectivity index (χ0v) is 14.0. The normalized spacial score (nSPS) is 14.8. The van der Waals surface area contributed by atoms with E-state index in [0.29, 0.717) is 0 Å². The molecule has 1 aromatic carbocycles. The van der Waals surface area contributed by atoms with E-state index in [-0.39, 0.29) is 6.04 Å². The van der Waals surface area contributed by atoms with Gasteiger partial charge in [-0.3, -0.25) is 0 Å². The van der Waals surface area contributed by atoms with Gasteiger partial charge >= 0.3 is 0 Å². The molecule has 4 heteroatoms. The third-order valence-electron chi connectivity index (χ3n) is 3.73. The quantitative estimate of drug-likeness (QED) is 0.859. The van der Waals surface area contributed by atoms with Crippen LogP contribution in [0.15, 0.2) is 24.3 Å². The summed E-state index contributed by atoms with van der Waals surface area (Å²) in [6.45, 7) is 6.06. The summed E-state index contributed by atoms with van der Waals surface area (Å²) in [5.41, 5.74) is 2.40. The second-order valence-electron chi connectivity index (χ2n) is 5.42. The maximum absolute atomic E-state index is 6.32. The van der Waals surface area contributed by atoms with Crippen molar-refractivity contribution in [2.24, 2.45) is 0 Å². The lowest BCUT2D eigenvalue weighted by Crippen LogP contribution is -2.23. The molecule has 2 heterocycles. The van der Waals surface area contributed by atoms with Gasteiger partial charge in [0.05, 0.1) is 12.6 Å². The summed E-state index contributed by atoms with van der Waals surface area (Å²) in [5.74, 6) is 1.03. The van der Waals surface area contributed by atoms with Crippen molar-refractivity contribution in [3.05, 3.63) is 50.2 Å². The molecular weight excluding hydrogens is 302 g/mol. The number of benzene rings is 1. The first-order chi connectivity index (χ1) is 10.2. The Balaban J connectivity index is 2.04. The summed E-state index contributed by atoms with van der Waals surface area (Å²) in [7, 11) is 0. The van der Waals surface area contributed by atoms with Crippen LogP contribution < -0.4 is 10.1 Å².